The van der Waals surface area contributed by atoms with Gasteiger partial charge in [-0.2, -0.15) is 0 Å². The normalized spacial score (nSPS) is 22.4. The Balaban J connectivity index is 1.57. The number of nitrogens with two attached hydrogens (primary N) is 1. The highest BCUT2D eigenvalue weighted by Crippen LogP contribution is 2.30. The number of hydrogen-bond acceptors (Lipinski definition) is 3. The summed E-state index contributed by atoms with van der Waals surface area (Å²) in [6.07, 6.45) is 4.96. The molecule has 1 heterocycles. The van der Waals surface area contributed by atoms with Gasteiger partial charge in [0.05, 0.1) is 6.04 Å². The van der Waals surface area contributed by atoms with Crippen LogP contribution in [-0.4, -0.2) is 47.4 Å². The third kappa shape index (κ3) is 5.05. The van der Waals surface area contributed by atoms with Crippen LogP contribution in [0.2, 0.25) is 0 Å². The van der Waals surface area contributed by atoms with Gasteiger partial charge >= 0.3 is 0 Å². The Bertz CT molecular complexity index is 556. The van der Waals surface area contributed by atoms with Crippen LogP contribution in [0.5, 0.6) is 0 Å². The average molecular weight is 344 g/mol. The van der Waals surface area contributed by atoms with Crippen molar-refractivity contribution < 1.29 is 4.79 Å². The number of piperidine rings is 1. The monoisotopic (exact) mass is 343 g/mol. The highest BCUT2D eigenvalue weighted by Gasteiger charge is 2.33. The molecule has 0 aromatic heterocycles. The second-order valence-corrected chi connectivity index (χ2v) is 8.21. The Morgan fingerprint density at radius 2 is 1.96 bits per heavy atom. The highest BCUT2D eigenvalue weighted by molar-refractivity contribution is 5.82. The van der Waals surface area contributed by atoms with Gasteiger partial charge in [-0.25, -0.2) is 0 Å². The Morgan fingerprint density at radius 1 is 1.24 bits per heavy atom. The molecule has 0 bridgehead atoms. The van der Waals surface area contributed by atoms with E-state index in [0.717, 1.165) is 38.6 Å². The SMILES string of the molecule is CC(C)[C@H](N)C(=O)N1CCC[C@@H](CN(Cc2ccccc2)C2CC2)C1. The van der Waals surface area contributed by atoms with Crippen molar-refractivity contribution in [3.63, 3.8) is 0 Å². The Kier molecular flexibility index (Phi) is 6.13. The number of rotatable bonds is 7. The van der Waals surface area contributed by atoms with Gasteiger partial charge in [-0.3, -0.25) is 9.69 Å². The molecule has 1 amide bonds. The van der Waals surface area contributed by atoms with Crippen molar-refractivity contribution in [3.05, 3.63) is 35.9 Å². The number of likely N-dealkylation sites (tertiary alicyclic amines) is 1. The zero-order chi connectivity index (χ0) is 17.8. The van der Waals surface area contributed by atoms with Gasteiger partial charge in [0.15, 0.2) is 0 Å². The first kappa shape index (κ1) is 18.4. The van der Waals surface area contributed by atoms with Gasteiger partial charge in [0.1, 0.15) is 0 Å². The van der Waals surface area contributed by atoms with Gasteiger partial charge in [-0.05, 0) is 43.1 Å². The van der Waals surface area contributed by atoms with Gasteiger partial charge in [0.2, 0.25) is 5.91 Å². The molecule has 2 fully saturated rings. The van der Waals surface area contributed by atoms with Crippen molar-refractivity contribution >= 4 is 5.91 Å². The van der Waals surface area contributed by atoms with E-state index >= 15 is 0 Å². The Labute approximate surface area is 152 Å². The molecule has 138 valence electrons. The van der Waals surface area contributed by atoms with E-state index in [1.165, 1.54) is 24.8 Å². The summed E-state index contributed by atoms with van der Waals surface area (Å²) >= 11 is 0. The van der Waals surface area contributed by atoms with E-state index in [1.54, 1.807) is 0 Å². The van der Waals surface area contributed by atoms with Crippen LogP contribution in [0.25, 0.3) is 0 Å². The molecular formula is C21H33N3O. The molecule has 1 aromatic carbocycles. The first-order valence-electron chi connectivity index (χ1n) is 9.87. The van der Waals surface area contributed by atoms with Crippen molar-refractivity contribution in [2.45, 2.75) is 58.2 Å². The minimum Gasteiger partial charge on any atom is -0.341 e. The number of hydrogen-bond donors (Lipinski definition) is 1. The summed E-state index contributed by atoms with van der Waals surface area (Å²) in [6, 6.07) is 11.1. The Hall–Kier alpha value is -1.39. The molecule has 1 aliphatic heterocycles. The molecule has 1 saturated heterocycles. The van der Waals surface area contributed by atoms with Gasteiger partial charge < -0.3 is 10.6 Å². The predicted octanol–water partition coefficient (Wildman–Crippen LogP) is 2.87. The summed E-state index contributed by atoms with van der Waals surface area (Å²) < 4.78 is 0. The maximum Gasteiger partial charge on any atom is 0.239 e. The van der Waals surface area contributed by atoms with Gasteiger partial charge in [-0.15, -0.1) is 0 Å². The van der Waals surface area contributed by atoms with E-state index in [-0.39, 0.29) is 17.9 Å². The zero-order valence-corrected chi connectivity index (χ0v) is 15.7. The topological polar surface area (TPSA) is 49.6 Å². The van der Waals surface area contributed by atoms with Crippen molar-refractivity contribution in [2.75, 3.05) is 19.6 Å². The van der Waals surface area contributed by atoms with Crippen molar-refractivity contribution in [1.82, 2.24) is 9.80 Å². The molecule has 1 aromatic rings. The average Bonchev–Trinajstić information content (AvgIpc) is 3.46. The minimum atomic E-state index is -0.359. The van der Waals surface area contributed by atoms with Crippen molar-refractivity contribution in [2.24, 2.45) is 17.6 Å². The number of carbonyl (C=O) groups is 1. The second kappa shape index (κ2) is 8.33. The Morgan fingerprint density at radius 3 is 2.60 bits per heavy atom. The quantitative estimate of drug-likeness (QED) is 0.828. The third-order valence-electron chi connectivity index (χ3n) is 5.62. The molecular weight excluding hydrogens is 310 g/mol. The fourth-order valence-electron chi connectivity index (χ4n) is 3.84. The lowest BCUT2D eigenvalue weighted by molar-refractivity contribution is -0.135. The number of benzene rings is 1. The summed E-state index contributed by atoms with van der Waals surface area (Å²) in [7, 11) is 0. The van der Waals surface area contributed by atoms with Crippen LogP contribution in [0.4, 0.5) is 0 Å². The largest absolute Gasteiger partial charge is 0.341 e. The van der Waals surface area contributed by atoms with Crippen LogP contribution in [0.15, 0.2) is 30.3 Å². The van der Waals surface area contributed by atoms with E-state index in [0.29, 0.717) is 5.92 Å². The van der Waals surface area contributed by atoms with E-state index in [1.807, 2.05) is 18.7 Å². The van der Waals surface area contributed by atoms with E-state index in [9.17, 15) is 4.79 Å². The molecule has 25 heavy (non-hydrogen) atoms. The van der Waals surface area contributed by atoms with Crippen LogP contribution in [0.1, 0.15) is 45.1 Å². The first-order valence-corrected chi connectivity index (χ1v) is 9.87. The summed E-state index contributed by atoms with van der Waals surface area (Å²) in [5.74, 6) is 0.913. The van der Waals surface area contributed by atoms with E-state index in [4.69, 9.17) is 5.73 Å². The second-order valence-electron chi connectivity index (χ2n) is 8.21. The molecule has 2 N–H and O–H groups in total. The smallest absolute Gasteiger partial charge is 0.239 e. The lowest BCUT2D eigenvalue weighted by Gasteiger charge is -2.37. The lowest BCUT2D eigenvalue weighted by atomic mass is 9.95. The maximum atomic E-state index is 12.6. The van der Waals surface area contributed by atoms with Gasteiger partial charge in [0.25, 0.3) is 0 Å². The summed E-state index contributed by atoms with van der Waals surface area (Å²) in [4.78, 5) is 17.3. The summed E-state index contributed by atoms with van der Waals surface area (Å²) in [5, 5.41) is 0. The minimum absolute atomic E-state index is 0.140. The molecule has 0 spiro atoms. The summed E-state index contributed by atoms with van der Waals surface area (Å²) in [5.41, 5.74) is 7.49. The molecule has 1 saturated carbocycles. The van der Waals surface area contributed by atoms with Crippen LogP contribution in [-0.2, 0) is 11.3 Å². The fourth-order valence-corrected chi connectivity index (χ4v) is 3.84. The lowest BCUT2D eigenvalue weighted by Crippen LogP contribution is -2.51. The molecule has 0 unspecified atom stereocenters. The summed E-state index contributed by atoms with van der Waals surface area (Å²) in [6.45, 7) is 7.92. The van der Waals surface area contributed by atoms with Crippen LogP contribution in [0.3, 0.4) is 0 Å². The van der Waals surface area contributed by atoms with Crippen LogP contribution in [0, 0.1) is 11.8 Å². The van der Waals surface area contributed by atoms with Crippen LogP contribution < -0.4 is 5.73 Å². The molecule has 0 radical (unpaired) electrons. The van der Waals surface area contributed by atoms with Gasteiger partial charge in [0, 0.05) is 32.2 Å². The molecule has 2 aliphatic rings. The van der Waals surface area contributed by atoms with E-state index < -0.39 is 0 Å². The van der Waals surface area contributed by atoms with E-state index in [2.05, 4.69) is 35.2 Å². The first-order chi connectivity index (χ1) is 12.0. The predicted molar refractivity (Wildman–Crippen MR) is 102 cm³/mol. The number of carbonyl (C=O) groups excluding carboxylic acids is 1. The third-order valence-corrected chi connectivity index (χ3v) is 5.62. The molecule has 1 aliphatic carbocycles. The molecule has 4 nitrogen and oxygen atoms in total. The maximum absolute atomic E-state index is 12.6. The molecule has 4 heteroatoms. The highest BCUT2D eigenvalue weighted by atomic mass is 16.2. The van der Waals surface area contributed by atoms with Crippen LogP contribution >= 0.6 is 0 Å². The van der Waals surface area contributed by atoms with Gasteiger partial charge in [-0.1, -0.05) is 44.2 Å². The number of amides is 1. The number of nitrogens with zero attached hydrogens (tertiary/aromatic N) is 2. The molecule has 2 atom stereocenters. The zero-order valence-electron chi connectivity index (χ0n) is 15.7. The molecule has 3 rings (SSSR count). The van der Waals surface area contributed by atoms with Crippen molar-refractivity contribution in [1.29, 1.82) is 0 Å². The standard InChI is InChI=1S/C21H33N3O/c1-16(2)20(22)21(25)23-12-6-9-18(14-23)15-24(19-10-11-19)13-17-7-4-3-5-8-17/h3-5,7-8,16,18-20H,6,9-15,22H2,1-2H3/t18-,20+/m1/s1. The van der Waals surface area contributed by atoms with Crippen molar-refractivity contribution in [3.8, 4) is 0 Å². The fraction of sp³-hybridized carbons (Fsp3) is 0.667.